The maximum absolute atomic E-state index is 11.8. The third kappa shape index (κ3) is 6.30. The standard InChI is InChI=1S/C18H25NO4/c1-14-7-5-6-10-16(14)19-17(20)13-23-18(21)11-12-22-15-8-3-2-4-9-15/h2-4,8-9,14,16H,5-7,10-13H2,1H3,(H,19,20)/t14-,16-/m0/s1. The summed E-state index contributed by atoms with van der Waals surface area (Å²) in [6, 6.07) is 9.48. The van der Waals surface area contributed by atoms with Crippen LogP contribution in [-0.2, 0) is 14.3 Å². The van der Waals surface area contributed by atoms with Gasteiger partial charge in [0.1, 0.15) is 5.75 Å². The van der Waals surface area contributed by atoms with Crippen molar-refractivity contribution in [3.8, 4) is 5.75 Å². The van der Waals surface area contributed by atoms with Crippen LogP contribution >= 0.6 is 0 Å². The summed E-state index contributed by atoms with van der Waals surface area (Å²) < 4.78 is 10.4. The Bertz CT molecular complexity index is 503. The molecule has 0 heterocycles. The molecule has 0 aliphatic heterocycles. The van der Waals surface area contributed by atoms with Gasteiger partial charge < -0.3 is 14.8 Å². The Hall–Kier alpha value is -2.04. The van der Waals surface area contributed by atoms with Crippen molar-refractivity contribution in [2.75, 3.05) is 13.2 Å². The zero-order valence-electron chi connectivity index (χ0n) is 13.6. The van der Waals surface area contributed by atoms with Crippen LogP contribution in [0.25, 0.3) is 0 Å². The normalized spacial score (nSPS) is 20.6. The molecule has 0 unspecified atom stereocenters. The van der Waals surface area contributed by atoms with Crippen molar-refractivity contribution in [1.82, 2.24) is 5.32 Å². The van der Waals surface area contributed by atoms with E-state index >= 15 is 0 Å². The van der Waals surface area contributed by atoms with E-state index in [2.05, 4.69) is 12.2 Å². The van der Waals surface area contributed by atoms with Gasteiger partial charge in [0.2, 0.25) is 0 Å². The first kappa shape index (κ1) is 17.3. The van der Waals surface area contributed by atoms with Gasteiger partial charge in [0.25, 0.3) is 5.91 Å². The molecule has 1 fully saturated rings. The number of rotatable bonds is 7. The van der Waals surface area contributed by atoms with Gasteiger partial charge in [-0.05, 0) is 30.9 Å². The second-order valence-electron chi connectivity index (χ2n) is 6.01. The lowest BCUT2D eigenvalue weighted by Gasteiger charge is -2.29. The van der Waals surface area contributed by atoms with Crippen LogP contribution in [0.1, 0.15) is 39.0 Å². The molecule has 1 amide bonds. The largest absolute Gasteiger partial charge is 0.493 e. The minimum absolute atomic E-state index is 0.127. The van der Waals surface area contributed by atoms with Gasteiger partial charge in [0, 0.05) is 6.04 Å². The molecule has 1 aromatic carbocycles. The quantitative estimate of drug-likeness (QED) is 0.785. The van der Waals surface area contributed by atoms with Crippen LogP contribution in [0.4, 0.5) is 0 Å². The van der Waals surface area contributed by atoms with E-state index in [0.29, 0.717) is 11.7 Å². The van der Waals surface area contributed by atoms with E-state index in [9.17, 15) is 9.59 Å². The number of hydrogen-bond donors (Lipinski definition) is 1. The molecule has 0 saturated heterocycles. The van der Waals surface area contributed by atoms with Gasteiger partial charge in [0.05, 0.1) is 13.0 Å². The summed E-state index contributed by atoms with van der Waals surface area (Å²) in [7, 11) is 0. The molecule has 1 aliphatic carbocycles. The highest BCUT2D eigenvalue weighted by atomic mass is 16.5. The van der Waals surface area contributed by atoms with E-state index < -0.39 is 5.97 Å². The molecule has 0 aromatic heterocycles. The van der Waals surface area contributed by atoms with Crippen LogP contribution in [0, 0.1) is 5.92 Å². The van der Waals surface area contributed by atoms with Crippen LogP contribution in [0.5, 0.6) is 5.75 Å². The monoisotopic (exact) mass is 319 g/mol. The van der Waals surface area contributed by atoms with Crippen molar-refractivity contribution in [1.29, 1.82) is 0 Å². The third-order valence-electron chi connectivity index (χ3n) is 4.14. The molecule has 5 heteroatoms. The summed E-state index contributed by atoms with van der Waals surface area (Å²) in [5, 5.41) is 2.96. The summed E-state index contributed by atoms with van der Waals surface area (Å²) in [5.41, 5.74) is 0. The predicted octanol–water partition coefficient (Wildman–Crippen LogP) is 2.69. The molecule has 1 aliphatic rings. The minimum Gasteiger partial charge on any atom is -0.493 e. The Kier molecular flexibility index (Phi) is 6.91. The second kappa shape index (κ2) is 9.18. The number of esters is 1. The molecular weight excluding hydrogens is 294 g/mol. The van der Waals surface area contributed by atoms with Crippen molar-refractivity contribution < 1.29 is 19.1 Å². The highest BCUT2D eigenvalue weighted by Gasteiger charge is 2.23. The molecule has 0 spiro atoms. The number of ether oxygens (including phenoxy) is 2. The molecule has 0 radical (unpaired) electrons. The summed E-state index contributed by atoms with van der Waals surface area (Å²) in [6.45, 7) is 2.18. The van der Waals surface area contributed by atoms with Crippen LogP contribution < -0.4 is 10.1 Å². The van der Waals surface area contributed by atoms with Crippen molar-refractivity contribution >= 4 is 11.9 Å². The van der Waals surface area contributed by atoms with E-state index in [4.69, 9.17) is 9.47 Å². The molecule has 2 atom stereocenters. The average molecular weight is 319 g/mol. The first-order valence-electron chi connectivity index (χ1n) is 8.28. The lowest BCUT2D eigenvalue weighted by Crippen LogP contribution is -2.42. The summed E-state index contributed by atoms with van der Waals surface area (Å²) in [5.74, 6) is 0.556. The van der Waals surface area contributed by atoms with Gasteiger partial charge in [0.15, 0.2) is 6.61 Å². The van der Waals surface area contributed by atoms with Crippen LogP contribution in [0.15, 0.2) is 30.3 Å². The van der Waals surface area contributed by atoms with E-state index in [1.807, 2.05) is 30.3 Å². The van der Waals surface area contributed by atoms with E-state index in [1.54, 1.807) is 0 Å². The third-order valence-corrected chi connectivity index (χ3v) is 4.14. The lowest BCUT2D eigenvalue weighted by atomic mass is 9.86. The smallest absolute Gasteiger partial charge is 0.309 e. The SMILES string of the molecule is C[C@H]1CCCC[C@@H]1NC(=O)COC(=O)CCOc1ccccc1. The van der Waals surface area contributed by atoms with Gasteiger partial charge >= 0.3 is 5.97 Å². The zero-order chi connectivity index (χ0) is 16.5. The maximum Gasteiger partial charge on any atom is 0.309 e. The first-order chi connectivity index (χ1) is 11.1. The maximum atomic E-state index is 11.8. The molecule has 1 saturated carbocycles. The number of nitrogens with one attached hydrogen (secondary N) is 1. The molecule has 0 bridgehead atoms. The van der Waals surface area contributed by atoms with E-state index in [-0.39, 0.29) is 31.6 Å². The number of para-hydroxylation sites is 1. The molecule has 126 valence electrons. The van der Waals surface area contributed by atoms with Crippen molar-refractivity contribution in [3.05, 3.63) is 30.3 Å². The first-order valence-corrected chi connectivity index (χ1v) is 8.28. The number of benzene rings is 1. The minimum atomic E-state index is -0.423. The Labute approximate surface area is 137 Å². The fourth-order valence-corrected chi connectivity index (χ4v) is 2.77. The Morgan fingerprint density at radius 3 is 2.65 bits per heavy atom. The number of carbonyl (C=O) groups is 2. The van der Waals surface area contributed by atoms with Crippen LogP contribution in [0.2, 0.25) is 0 Å². The summed E-state index contributed by atoms with van der Waals surface area (Å²) in [6.07, 6.45) is 4.64. The Balaban J connectivity index is 1.59. The number of carbonyl (C=O) groups excluding carboxylic acids is 2. The molecule has 1 N–H and O–H groups in total. The van der Waals surface area contributed by atoms with Crippen LogP contribution in [-0.4, -0.2) is 31.1 Å². The lowest BCUT2D eigenvalue weighted by molar-refractivity contribution is -0.149. The topological polar surface area (TPSA) is 64.6 Å². The van der Waals surface area contributed by atoms with Gasteiger partial charge in [-0.1, -0.05) is 38.0 Å². The highest BCUT2D eigenvalue weighted by molar-refractivity contribution is 5.80. The van der Waals surface area contributed by atoms with E-state index in [0.717, 1.165) is 19.3 Å². The van der Waals surface area contributed by atoms with Gasteiger partial charge in [-0.25, -0.2) is 0 Å². The van der Waals surface area contributed by atoms with Crippen LogP contribution in [0.3, 0.4) is 0 Å². The van der Waals surface area contributed by atoms with Gasteiger partial charge in [-0.15, -0.1) is 0 Å². The number of hydrogen-bond acceptors (Lipinski definition) is 4. The summed E-state index contributed by atoms with van der Waals surface area (Å²) >= 11 is 0. The molecular formula is C18H25NO4. The molecule has 5 nitrogen and oxygen atoms in total. The fraction of sp³-hybridized carbons (Fsp3) is 0.556. The number of amides is 1. The van der Waals surface area contributed by atoms with Gasteiger partial charge in [-0.2, -0.15) is 0 Å². The Morgan fingerprint density at radius 1 is 1.17 bits per heavy atom. The molecule has 2 rings (SSSR count). The van der Waals surface area contributed by atoms with Crippen molar-refractivity contribution in [2.24, 2.45) is 5.92 Å². The molecule has 1 aromatic rings. The van der Waals surface area contributed by atoms with Crippen molar-refractivity contribution in [3.63, 3.8) is 0 Å². The van der Waals surface area contributed by atoms with Crippen molar-refractivity contribution in [2.45, 2.75) is 45.1 Å². The Morgan fingerprint density at radius 2 is 1.91 bits per heavy atom. The molecule has 23 heavy (non-hydrogen) atoms. The predicted molar refractivity (Wildman–Crippen MR) is 87.1 cm³/mol. The zero-order valence-corrected chi connectivity index (χ0v) is 13.6. The highest BCUT2D eigenvalue weighted by Crippen LogP contribution is 2.23. The van der Waals surface area contributed by atoms with E-state index in [1.165, 1.54) is 6.42 Å². The second-order valence-corrected chi connectivity index (χ2v) is 6.01. The average Bonchev–Trinajstić information content (AvgIpc) is 2.56. The van der Waals surface area contributed by atoms with Gasteiger partial charge in [-0.3, -0.25) is 9.59 Å². The fourth-order valence-electron chi connectivity index (χ4n) is 2.77. The summed E-state index contributed by atoms with van der Waals surface area (Å²) in [4.78, 5) is 23.4.